The number of carbonyl (C=O) groups is 1. The summed E-state index contributed by atoms with van der Waals surface area (Å²) in [6.45, 7) is 10.1. The SMILES string of the molecule is CCOC(=O)C1=C(C)Nc2nc(-c3ccccc3OC)nn2C1c1ccc(N(CC)CC)cc1. The number of nitrogens with zero attached hydrogens (tertiary/aromatic N) is 4. The Morgan fingerprint density at radius 3 is 2.44 bits per heavy atom. The zero-order valence-corrected chi connectivity index (χ0v) is 20.3. The van der Waals surface area contributed by atoms with Gasteiger partial charge in [0.1, 0.15) is 11.8 Å². The highest BCUT2D eigenvalue weighted by Gasteiger charge is 2.35. The van der Waals surface area contributed by atoms with Crippen LogP contribution in [0.25, 0.3) is 11.4 Å². The number of anilines is 2. The van der Waals surface area contributed by atoms with Crippen LogP contribution in [0, 0.1) is 0 Å². The Bertz CT molecular complexity index is 1200. The standard InChI is InChI=1S/C26H31N5O3/c1-6-30(7-2)19-15-13-18(14-16-19)23-22(25(32)34-8-3)17(4)27-26-28-24(29-31(23)26)20-11-9-10-12-21(20)33-5/h9-16,23H,6-8H2,1-5H3,(H,27,28,29). The van der Waals surface area contributed by atoms with Crippen LogP contribution in [0.1, 0.15) is 39.3 Å². The Kier molecular flexibility index (Phi) is 6.86. The van der Waals surface area contributed by atoms with Crippen molar-refractivity contribution in [3.05, 3.63) is 65.4 Å². The first-order valence-corrected chi connectivity index (χ1v) is 11.6. The Labute approximate surface area is 200 Å². The quantitative estimate of drug-likeness (QED) is 0.489. The third kappa shape index (κ3) is 4.23. The topological polar surface area (TPSA) is 81.5 Å². The van der Waals surface area contributed by atoms with Gasteiger partial charge in [-0.05, 0) is 57.5 Å². The summed E-state index contributed by atoms with van der Waals surface area (Å²) in [5, 5.41) is 8.06. The first-order valence-electron chi connectivity index (χ1n) is 11.6. The summed E-state index contributed by atoms with van der Waals surface area (Å²) >= 11 is 0. The van der Waals surface area contributed by atoms with Crippen molar-refractivity contribution in [2.75, 3.05) is 37.0 Å². The van der Waals surface area contributed by atoms with Gasteiger partial charge in [0.05, 0.1) is 24.9 Å². The molecular weight excluding hydrogens is 430 g/mol. The Hall–Kier alpha value is -3.81. The number of allylic oxidation sites excluding steroid dienone is 1. The van der Waals surface area contributed by atoms with Crippen LogP contribution >= 0.6 is 0 Å². The normalized spacial score (nSPS) is 14.9. The Morgan fingerprint density at radius 2 is 1.79 bits per heavy atom. The molecular formula is C26H31N5O3. The molecule has 2 aromatic carbocycles. The molecule has 34 heavy (non-hydrogen) atoms. The number of aromatic nitrogens is 3. The average molecular weight is 462 g/mol. The van der Waals surface area contributed by atoms with E-state index in [4.69, 9.17) is 19.6 Å². The van der Waals surface area contributed by atoms with Crippen LogP contribution in [0.3, 0.4) is 0 Å². The fourth-order valence-electron chi connectivity index (χ4n) is 4.33. The van der Waals surface area contributed by atoms with E-state index in [9.17, 15) is 4.79 Å². The maximum atomic E-state index is 13.0. The average Bonchev–Trinajstić information content (AvgIpc) is 3.28. The maximum Gasteiger partial charge on any atom is 0.338 e. The van der Waals surface area contributed by atoms with Gasteiger partial charge in [-0.3, -0.25) is 0 Å². The van der Waals surface area contributed by atoms with Crippen molar-refractivity contribution >= 4 is 17.6 Å². The molecule has 1 aliphatic heterocycles. The van der Waals surface area contributed by atoms with Crippen LogP contribution in [0.2, 0.25) is 0 Å². The molecule has 4 rings (SSSR count). The number of methoxy groups -OCH3 is 1. The van der Waals surface area contributed by atoms with Gasteiger partial charge in [0.25, 0.3) is 0 Å². The molecule has 0 saturated heterocycles. The van der Waals surface area contributed by atoms with E-state index in [0.717, 1.165) is 29.9 Å². The van der Waals surface area contributed by atoms with Crippen molar-refractivity contribution in [2.45, 2.75) is 33.7 Å². The molecule has 1 unspecified atom stereocenters. The molecule has 0 fully saturated rings. The number of nitrogens with one attached hydrogen (secondary N) is 1. The number of ether oxygens (including phenoxy) is 2. The van der Waals surface area contributed by atoms with Gasteiger partial charge in [-0.1, -0.05) is 24.3 Å². The molecule has 1 N–H and O–H groups in total. The van der Waals surface area contributed by atoms with E-state index in [2.05, 4.69) is 36.2 Å². The zero-order chi connectivity index (χ0) is 24.2. The van der Waals surface area contributed by atoms with Gasteiger partial charge < -0.3 is 19.7 Å². The Morgan fingerprint density at radius 1 is 1.09 bits per heavy atom. The van der Waals surface area contributed by atoms with Gasteiger partial charge in [-0.2, -0.15) is 4.98 Å². The van der Waals surface area contributed by atoms with Crippen molar-refractivity contribution in [1.82, 2.24) is 14.8 Å². The lowest BCUT2D eigenvalue weighted by atomic mass is 9.95. The number of esters is 1. The Balaban J connectivity index is 1.83. The molecule has 1 atom stereocenters. The van der Waals surface area contributed by atoms with E-state index in [1.165, 1.54) is 0 Å². The lowest BCUT2D eigenvalue weighted by molar-refractivity contribution is -0.139. The number of carbonyl (C=O) groups excluding carboxylic acids is 1. The van der Waals surface area contributed by atoms with Crippen LogP contribution in [0.4, 0.5) is 11.6 Å². The molecule has 0 bridgehead atoms. The molecule has 8 nitrogen and oxygen atoms in total. The molecule has 0 spiro atoms. The predicted molar refractivity (Wildman–Crippen MR) is 133 cm³/mol. The summed E-state index contributed by atoms with van der Waals surface area (Å²) in [7, 11) is 1.62. The third-order valence-electron chi connectivity index (χ3n) is 6.03. The van der Waals surface area contributed by atoms with Crippen LogP contribution in [-0.4, -0.2) is 47.5 Å². The molecule has 0 amide bonds. The van der Waals surface area contributed by atoms with E-state index >= 15 is 0 Å². The van der Waals surface area contributed by atoms with Crippen molar-refractivity contribution < 1.29 is 14.3 Å². The second kappa shape index (κ2) is 9.99. The summed E-state index contributed by atoms with van der Waals surface area (Å²) in [5.74, 6) is 1.39. The lowest BCUT2D eigenvalue weighted by Crippen LogP contribution is -2.29. The highest BCUT2D eigenvalue weighted by Crippen LogP contribution is 2.38. The molecule has 8 heteroatoms. The van der Waals surface area contributed by atoms with Crippen LogP contribution in [0.15, 0.2) is 59.8 Å². The fourth-order valence-corrected chi connectivity index (χ4v) is 4.33. The molecule has 3 aromatic rings. The summed E-state index contributed by atoms with van der Waals surface area (Å²) in [6, 6.07) is 15.4. The van der Waals surface area contributed by atoms with E-state index in [1.54, 1.807) is 18.7 Å². The van der Waals surface area contributed by atoms with E-state index in [-0.39, 0.29) is 5.97 Å². The summed E-state index contributed by atoms with van der Waals surface area (Å²) < 4.78 is 12.7. The molecule has 2 heterocycles. The van der Waals surface area contributed by atoms with Crippen LogP contribution in [-0.2, 0) is 9.53 Å². The fraction of sp³-hybridized carbons (Fsp3) is 0.346. The van der Waals surface area contributed by atoms with Gasteiger partial charge in [-0.15, -0.1) is 5.10 Å². The second-order valence-corrected chi connectivity index (χ2v) is 7.95. The van der Waals surface area contributed by atoms with Crippen molar-refractivity contribution in [2.24, 2.45) is 0 Å². The van der Waals surface area contributed by atoms with Crippen molar-refractivity contribution in [3.8, 4) is 17.1 Å². The molecule has 0 radical (unpaired) electrons. The molecule has 0 aliphatic carbocycles. The number of benzene rings is 2. The lowest BCUT2D eigenvalue weighted by Gasteiger charge is -2.28. The largest absolute Gasteiger partial charge is 0.496 e. The number of rotatable bonds is 8. The minimum Gasteiger partial charge on any atom is -0.496 e. The maximum absolute atomic E-state index is 13.0. The van der Waals surface area contributed by atoms with E-state index in [0.29, 0.717) is 35.4 Å². The monoisotopic (exact) mass is 461 g/mol. The van der Waals surface area contributed by atoms with Gasteiger partial charge in [0.15, 0.2) is 5.82 Å². The van der Waals surface area contributed by atoms with Gasteiger partial charge in [-0.25, -0.2) is 9.48 Å². The molecule has 1 aliphatic rings. The minimum absolute atomic E-state index is 0.292. The molecule has 1 aromatic heterocycles. The summed E-state index contributed by atoms with van der Waals surface area (Å²) in [6.07, 6.45) is 0. The number of hydrogen-bond acceptors (Lipinski definition) is 7. The number of fused-ring (bicyclic) bond motifs is 1. The summed E-state index contributed by atoms with van der Waals surface area (Å²) in [4.78, 5) is 20.0. The van der Waals surface area contributed by atoms with Crippen LogP contribution < -0.4 is 15.0 Å². The highest BCUT2D eigenvalue weighted by atomic mass is 16.5. The first kappa shape index (κ1) is 23.4. The smallest absolute Gasteiger partial charge is 0.338 e. The second-order valence-electron chi connectivity index (χ2n) is 7.95. The third-order valence-corrected chi connectivity index (χ3v) is 6.03. The highest BCUT2D eigenvalue weighted by molar-refractivity contribution is 5.92. The van der Waals surface area contributed by atoms with E-state index < -0.39 is 6.04 Å². The first-order chi connectivity index (χ1) is 16.5. The number of para-hydroxylation sites is 1. The van der Waals surface area contributed by atoms with E-state index in [1.807, 2.05) is 43.3 Å². The number of hydrogen-bond donors (Lipinski definition) is 1. The minimum atomic E-state index is -0.475. The zero-order valence-electron chi connectivity index (χ0n) is 20.3. The van der Waals surface area contributed by atoms with Crippen molar-refractivity contribution in [3.63, 3.8) is 0 Å². The predicted octanol–water partition coefficient (Wildman–Crippen LogP) is 4.65. The van der Waals surface area contributed by atoms with Gasteiger partial charge in [0, 0.05) is 24.5 Å². The summed E-state index contributed by atoms with van der Waals surface area (Å²) in [5.41, 5.74) is 4.05. The molecule has 178 valence electrons. The van der Waals surface area contributed by atoms with Crippen LogP contribution in [0.5, 0.6) is 5.75 Å². The van der Waals surface area contributed by atoms with Gasteiger partial charge in [0.2, 0.25) is 5.95 Å². The van der Waals surface area contributed by atoms with Gasteiger partial charge >= 0.3 is 5.97 Å². The van der Waals surface area contributed by atoms with Crippen molar-refractivity contribution in [1.29, 1.82) is 0 Å². The molecule has 0 saturated carbocycles.